The number of carbonyl (C=O) groups excluding carboxylic acids is 1. The van der Waals surface area contributed by atoms with Crippen molar-refractivity contribution in [2.24, 2.45) is 5.92 Å². The van der Waals surface area contributed by atoms with Crippen LogP contribution in [0.3, 0.4) is 0 Å². The quantitative estimate of drug-likeness (QED) is 0.763. The minimum Gasteiger partial charge on any atom is -0.489 e. The van der Waals surface area contributed by atoms with Gasteiger partial charge >= 0.3 is 5.97 Å². The normalized spacial score (nSPS) is 19.4. The van der Waals surface area contributed by atoms with Crippen LogP contribution in [0.1, 0.15) is 36.8 Å². The second-order valence-electron chi connectivity index (χ2n) is 6.60. The van der Waals surface area contributed by atoms with Crippen molar-refractivity contribution in [3.63, 3.8) is 0 Å². The standard InChI is InChI=1S/C21H23NO4/c1-2-19(21(24)25)22-20(23)18-12-17(18)15-8-10-16(11-9-15)26-13-14-6-4-3-5-7-14/h3-11,17-19H,2,12-13H2,1H3,(H,22,23)(H,24,25). The van der Waals surface area contributed by atoms with E-state index < -0.39 is 12.0 Å². The number of carboxylic acids is 1. The van der Waals surface area contributed by atoms with Gasteiger partial charge in [-0.05, 0) is 42.0 Å². The molecule has 2 aromatic rings. The first-order valence-corrected chi connectivity index (χ1v) is 8.88. The van der Waals surface area contributed by atoms with E-state index in [-0.39, 0.29) is 17.7 Å². The van der Waals surface area contributed by atoms with E-state index >= 15 is 0 Å². The van der Waals surface area contributed by atoms with Crippen molar-refractivity contribution >= 4 is 11.9 Å². The van der Waals surface area contributed by atoms with Gasteiger partial charge in [-0.3, -0.25) is 4.79 Å². The summed E-state index contributed by atoms with van der Waals surface area (Å²) in [6, 6.07) is 16.9. The molecule has 3 atom stereocenters. The SMILES string of the molecule is CCC(NC(=O)C1CC1c1ccc(OCc2ccccc2)cc1)C(=O)O. The molecule has 3 unspecified atom stereocenters. The third-order valence-electron chi connectivity index (χ3n) is 4.71. The highest BCUT2D eigenvalue weighted by Gasteiger charge is 2.44. The van der Waals surface area contributed by atoms with Gasteiger partial charge in [0.1, 0.15) is 18.4 Å². The van der Waals surface area contributed by atoms with Gasteiger partial charge in [0.15, 0.2) is 0 Å². The average molecular weight is 353 g/mol. The summed E-state index contributed by atoms with van der Waals surface area (Å²) in [5.41, 5.74) is 2.19. The van der Waals surface area contributed by atoms with E-state index in [4.69, 9.17) is 9.84 Å². The Bertz CT molecular complexity index is 757. The van der Waals surface area contributed by atoms with Crippen LogP contribution in [0.5, 0.6) is 5.75 Å². The van der Waals surface area contributed by atoms with Crippen molar-refractivity contribution in [3.05, 3.63) is 65.7 Å². The molecule has 5 heteroatoms. The van der Waals surface area contributed by atoms with E-state index in [0.29, 0.717) is 13.0 Å². The van der Waals surface area contributed by atoms with Crippen LogP contribution in [0.4, 0.5) is 0 Å². The minimum absolute atomic E-state index is 0.139. The molecule has 0 aromatic heterocycles. The van der Waals surface area contributed by atoms with Crippen LogP contribution < -0.4 is 10.1 Å². The van der Waals surface area contributed by atoms with E-state index in [0.717, 1.165) is 23.3 Å². The molecule has 1 fully saturated rings. The summed E-state index contributed by atoms with van der Waals surface area (Å²) < 4.78 is 5.77. The monoisotopic (exact) mass is 353 g/mol. The zero-order chi connectivity index (χ0) is 18.5. The molecule has 136 valence electrons. The Morgan fingerprint density at radius 1 is 1.15 bits per heavy atom. The lowest BCUT2D eigenvalue weighted by Crippen LogP contribution is -2.41. The van der Waals surface area contributed by atoms with Crippen molar-refractivity contribution in [2.75, 3.05) is 0 Å². The first-order chi connectivity index (χ1) is 12.6. The summed E-state index contributed by atoms with van der Waals surface area (Å²) in [5.74, 6) is -0.355. The topological polar surface area (TPSA) is 75.6 Å². The van der Waals surface area contributed by atoms with Crippen molar-refractivity contribution in [1.82, 2.24) is 5.32 Å². The fourth-order valence-electron chi connectivity index (χ4n) is 3.02. The lowest BCUT2D eigenvalue weighted by Gasteiger charge is -2.12. The van der Waals surface area contributed by atoms with Crippen LogP contribution in [0.25, 0.3) is 0 Å². The Balaban J connectivity index is 1.52. The van der Waals surface area contributed by atoms with E-state index in [9.17, 15) is 9.59 Å². The molecule has 26 heavy (non-hydrogen) atoms. The van der Waals surface area contributed by atoms with Gasteiger partial charge in [0.2, 0.25) is 5.91 Å². The maximum Gasteiger partial charge on any atom is 0.326 e. The summed E-state index contributed by atoms with van der Waals surface area (Å²) >= 11 is 0. The van der Waals surface area contributed by atoms with Gasteiger partial charge in [-0.2, -0.15) is 0 Å². The van der Waals surface area contributed by atoms with Crippen LogP contribution in [0.2, 0.25) is 0 Å². The second-order valence-corrected chi connectivity index (χ2v) is 6.60. The second kappa shape index (κ2) is 8.04. The summed E-state index contributed by atoms with van der Waals surface area (Å²) in [5, 5.41) is 11.7. The molecule has 5 nitrogen and oxygen atoms in total. The van der Waals surface area contributed by atoms with Gasteiger partial charge < -0.3 is 15.2 Å². The van der Waals surface area contributed by atoms with Crippen molar-refractivity contribution in [2.45, 2.75) is 38.3 Å². The number of hydrogen-bond acceptors (Lipinski definition) is 3. The number of hydrogen-bond donors (Lipinski definition) is 2. The molecule has 0 saturated heterocycles. The molecule has 0 radical (unpaired) electrons. The third kappa shape index (κ3) is 4.42. The Morgan fingerprint density at radius 2 is 1.85 bits per heavy atom. The van der Waals surface area contributed by atoms with Crippen LogP contribution in [-0.2, 0) is 16.2 Å². The van der Waals surface area contributed by atoms with Crippen molar-refractivity contribution < 1.29 is 19.4 Å². The van der Waals surface area contributed by atoms with Crippen LogP contribution >= 0.6 is 0 Å². The van der Waals surface area contributed by atoms with Gasteiger partial charge in [-0.25, -0.2) is 4.79 Å². The molecule has 2 aromatic carbocycles. The molecular weight excluding hydrogens is 330 g/mol. The fraction of sp³-hybridized carbons (Fsp3) is 0.333. The highest BCUT2D eigenvalue weighted by molar-refractivity contribution is 5.87. The first kappa shape index (κ1) is 18.0. The number of rotatable bonds is 8. The molecule has 3 rings (SSSR count). The number of benzene rings is 2. The molecule has 2 N–H and O–H groups in total. The number of carboxylic acid groups (broad SMARTS) is 1. The van der Waals surface area contributed by atoms with Crippen LogP contribution in [0.15, 0.2) is 54.6 Å². The van der Waals surface area contributed by atoms with Crippen molar-refractivity contribution in [1.29, 1.82) is 0 Å². The van der Waals surface area contributed by atoms with Gasteiger partial charge in [-0.15, -0.1) is 0 Å². The molecule has 1 amide bonds. The smallest absolute Gasteiger partial charge is 0.326 e. The highest BCUT2D eigenvalue weighted by Crippen LogP contribution is 2.47. The van der Waals surface area contributed by atoms with Crippen molar-refractivity contribution in [3.8, 4) is 5.75 Å². The van der Waals surface area contributed by atoms with E-state index in [1.807, 2.05) is 54.6 Å². The Morgan fingerprint density at radius 3 is 2.46 bits per heavy atom. The maximum atomic E-state index is 12.2. The fourth-order valence-corrected chi connectivity index (χ4v) is 3.02. The predicted molar refractivity (Wildman–Crippen MR) is 97.9 cm³/mol. The van der Waals surface area contributed by atoms with Crippen LogP contribution in [-0.4, -0.2) is 23.0 Å². The zero-order valence-electron chi connectivity index (χ0n) is 14.7. The highest BCUT2D eigenvalue weighted by atomic mass is 16.5. The van der Waals surface area contributed by atoms with Crippen LogP contribution in [0, 0.1) is 5.92 Å². The third-order valence-corrected chi connectivity index (χ3v) is 4.71. The lowest BCUT2D eigenvalue weighted by atomic mass is 10.1. The Hall–Kier alpha value is -2.82. The van der Waals surface area contributed by atoms with Gasteiger partial charge in [0, 0.05) is 5.92 Å². The minimum atomic E-state index is -0.988. The van der Waals surface area contributed by atoms with E-state index in [1.54, 1.807) is 6.92 Å². The summed E-state index contributed by atoms with van der Waals surface area (Å²) in [7, 11) is 0. The molecular formula is C21H23NO4. The number of amides is 1. The molecule has 0 bridgehead atoms. The Labute approximate surface area is 153 Å². The molecule has 0 aliphatic heterocycles. The van der Waals surface area contributed by atoms with Gasteiger partial charge in [0.05, 0.1) is 0 Å². The first-order valence-electron chi connectivity index (χ1n) is 8.88. The van der Waals surface area contributed by atoms with E-state index in [2.05, 4.69) is 5.32 Å². The van der Waals surface area contributed by atoms with Gasteiger partial charge in [-0.1, -0.05) is 49.4 Å². The average Bonchev–Trinajstić information content (AvgIpc) is 3.46. The van der Waals surface area contributed by atoms with E-state index in [1.165, 1.54) is 0 Å². The Kier molecular flexibility index (Phi) is 5.56. The maximum absolute atomic E-state index is 12.2. The summed E-state index contributed by atoms with van der Waals surface area (Å²) in [6.45, 7) is 2.26. The van der Waals surface area contributed by atoms with Gasteiger partial charge in [0.25, 0.3) is 0 Å². The summed E-state index contributed by atoms with van der Waals surface area (Å²) in [6.07, 6.45) is 1.14. The predicted octanol–water partition coefficient (Wildman–Crippen LogP) is 3.35. The summed E-state index contributed by atoms with van der Waals surface area (Å²) in [4.78, 5) is 23.2. The largest absolute Gasteiger partial charge is 0.489 e. The molecule has 0 spiro atoms. The molecule has 1 aliphatic rings. The zero-order valence-corrected chi connectivity index (χ0v) is 14.7. The molecule has 1 saturated carbocycles. The number of ether oxygens (including phenoxy) is 1. The number of aliphatic carboxylic acids is 1. The number of nitrogens with one attached hydrogen (secondary N) is 1. The molecule has 0 heterocycles. The number of carbonyl (C=O) groups is 2. The lowest BCUT2D eigenvalue weighted by molar-refractivity contribution is -0.142. The molecule has 1 aliphatic carbocycles.